The molecule has 1 atom stereocenters. The zero-order valence-electron chi connectivity index (χ0n) is 12.3. The second kappa shape index (κ2) is 7.28. The molecule has 1 aliphatic heterocycles. The van der Waals surface area contributed by atoms with Crippen molar-refractivity contribution in [1.82, 2.24) is 4.90 Å². The largest absolute Gasteiger partial charge is 0.481 e. The van der Waals surface area contributed by atoms with Crippen LogP contribution in [0.4, 0.5) is 0 Å². The molecule has 1 N–H and O–H groups in total. The summed E-state index contributed by atoms with van der Waals surface area (Å²) in [4.78, 5) is 13.3. The maximum atomic E-state index is 10.7. The van der Waals surface area contributed by atoms with Gasteiger partial charge < -0.3 is 10.0 Å². The number of piperidine rings is 1. The average molecular weight is 267 g/mol. The summed E-state index contributed by atoms with van der Waals surface area (Å²) in [6, 6.07) is 0. The molecule has 3 nitrogen and oxygen atoms in total. The minimum absolute atomic E-state index is 0.347. The van der Waals surface area contributed by atoms with E-state index in [1.165, 1.54) is 51.6 Å². The van der Waals surface area contributed by atoms with Crippen molar-refractivity contribution < 1.29 is 9.90 Å². The first-order valence-corrected chi connectivity index (χ1v) is 8.07. The van der Waals surface area contributed by atoms with E-state index in [1.807, 2.05) is 0 Å². The summed E-state index contributed by atoms with van der Waals surface area (Å²) in [5.41, 5.74) is 0. The number of hydrogen-bond acceptors (Lipinski definition) is 2. The molecular weight excluding hydrogens is 238 g/mol. The predicted octanol–water partition coefficient (Wildman–Crippen LogP) is 3.39. The highest BCUT2D eigenvalue weighted by Crippen LogP contribution is 2.30. The van der Waals surface area contributed by atoms with Crippen molar-refractivity contribution >= 4 is 5.97 Å². The second-order valence-corrected chi connectivity index (χ2v) is 6.83. The molecule has 1 unspecified atom stereocenters. The molecule has 0 aromatic carbocycles. The predicted molar refractivity (Wildman–Crippen MR) is 77.2 cm³/mol. The highest BCUT2D eigenvalue weighted by molar-refractivity contribution is 5.66. The lowest BCUT2D eigenvalue weighted by Crippen LogP contribution is -2.39. The molecule has 1 aliphatic carbocycles. The van der Waals surface area contributed by atoms with Crippen LogP contribution < -0.4 is 0 Å². The van der Waals surface area contributed by atoms with E-state index in [0.29, 0.717) is 12.3 Å². The van der Waals surface area contributed by atoms with E-state index in [9.17, 15) is 4.79 Å². The zero-order chi connectivity index (χ0) is 13.7. The SMILES string of the molecule is CC1CCC(CN2CCCC(CCC(=O)O)C2)CC1. The van der Waals surface area contributed by atoms with E-state index >= 15 is 0 Å². The van der Waals surface area contributed by atoms with Gasteiger partial charge in [0.05, 0.1) is 0 Å². The smallest absolute Gasteiger partial charge is 0.303 e. The van der Waals surface area contributed by atoms with Gasteiger partial charge in [-0.3, -0.25) is 4.79 Å². The summed E-state index contributed by atoms with van der Waals surface area (Å²) in [5, 5.41) is 8.78. The molecular formula is C16H29NO2. The van der Waals surface area contributed by atoms with Gasteiger partial charge >= 0.3 is 5.97 Å². The van der Waals surface area contributed by atoms with E-state index in [-0.39, 0.29) is 0 Å². The van der Waals surface area contributed by atoms with Crippen LogP contribution in [0.15, 0.2) is 0 Å². The number of carboxylic acids is 1. The fourth-order valence-corrected chi connectivity index (χ4v) is 3.76. The lowest BCUT2D eigenvalue weighted by molar-refractivity contribution is -0.137. The van der Waals surface area contributed by atoms with Crippen LogP contribution in [-0.4, -0.2) is 35.6 Å². The molecule has 0 aromatic rings. The first-order valence-electron chi connectivity index (χ1n) is 8.07. The quantitative estimate of drug-likeness (QED) is 0.830. The van der Waals surface area contributed by atoms with Crippen LogP contribution >= 0.6 is 0 Å². The van der Waals surface area contributed by atoms with Crippen LogP contribution in [0.25, 0.3) is 0 Å². The Hall–Kier alpha value is -0.570. The van der Waals surface area contributed by atoms with Gasteiger partial charge in [0.15, 0.2) is 0 Å². The maximum Gasteiger partial charge on any atom is 0.303 e. The fourth-order valence-electron chi connectivity index (χ4n) is 3.76. The fraction of sp³-hybridized carbons (Fsp3) is 0.938. The molecule has 1 saturated carbocycles. The molecule has 2 rings (SSSR count). The van der Waals surface area contributed by atoms with Crippen LogP contribution in [0.2, 0.25) is 0 Å². The molecule has 0 spiro atoms. The summed E-state index contributed by atoms with van der Waals surface area (Å²) in [5.74, 6) is 1.81. The molecule has 0 aromatic heterocycles. The highest BCUT2D eigenvalue weighted by atomic mass is 16.4. The number of hydrogen-bond donors (Lipinski definition) is 1. The van der Waals surface area contributed by atoms with Gasteiger partial charge in [-0.05, 0) is 56.4 Å². The number of likely N-dealkylation sites (tertiary alicyclic amines) is 1. The molecule has 1 saturated heterocycles. The van der Waals surface area contributed by atoms with Gasteiger partial charge in [0.1, 0.15) is 0 Å². The van der Waals surface area contributed by atoms with Gasteiger partial charge in [-0.2, -0.15) is 0 Å². The van der Waals surface area contributed by atoms with Crippen LogP contribution in [-0.2, 0) is 4.79 Å². The Balaban J connectivity index is 1.70. The van der Waals surface area contributed by atoms with Gasteiger partial charge in [0.2, 0.25) is 0 Å². The number of carbonyl (C=O) groups is 1. The van der Waals surface area contributed by atoms with E-state index in [2.05, 4.69) is 11.8 Å². The summed E-state index contributed by atoms with van der Waals surface area (Å²) >= 11 is 0. The molecule has 3 heteroatoms. The van der Waals surface area contributed by atoms with Crippen LogP contribution in [0.5, 0.6) is 0 Å². The van der Waals surface area contributed by atoms with Crippen molar-refractivity contribution in [3.63, 3.8) is 0 Å². The number of rotatable bonds is 5. The van der Waals surface area contributed by atoms with Gasteiger partial charge in [0.25, 0.3) is 0 Å². The minimum Gasteiger partial charge on any atom is -0.481 e. The van der Waals surface area contributed by atoms with Crippen LogP contribution in [0.1, 0.15) is 58.3 Å². The maximum absolute atomic E-state index is 10.7. The second-order valence-electron chi connectivity index (χ2n) is 6.83. The van der Waals surface area contributed by atoms with Gasteiger partial charge in [-0.15, -0.1) is 0 Å². The topological polar surface area (TPSA) is 40.5 Å². The molecule has 2 aliphatic rings. The number of aliphatic carboxylic acids is 1. The molecule has 19 heavy (non-hydrogen) atoms. The van der Waals surface area contributed by atoms with Gasteiger partial charge in [0, 0.05) is 19.5 Å². The van der Waals surface area contributed by atoms with Crippen molar-refractivity contribution in [2.75, 3.05) is 19.6 Å². The summed E-state index contributed by atoms with van der Waals surface area (Å²) in [6.07, 6.45) is 9.31. The molecule has 0 bridgehead atoms. The third-order valence-corrected chi connectivity index (χ3v) is 5.02. The van der Waals surface area contributed by atoms with Crippen molar-refractivity contribution in [3.05, 3.63) is 0 Å². The Morgan fingerprint density at radius 1 is 1.16 bits per heavy atom. The van der Waals surface area contributed by atoms with Crippen molar-refractivity contribution in [2.45, 2.75) is 58.3 Å². The minimum atomic E-state index is -0.640. The molecule has 0 amide bonds. The zero-order valence-corrected chi connectivity index (χ0v) is 12.3. The third kappa shape index (κ3) is 5.13. The molecule has 110 valence electrons. The highest BCUT2D eigenvalue weighted by Gasteiger charge is 2.24. The average Bonchev–Trinajstić information content (AvgIpc) is 2.40. The van der Waals surface area contributed by atoms with Crippen molar-refractivity contribution in [3.8, 4) is 0 Å². The monoisotopic (exact) mass is 267 g/mol. The Morgan fingerprint density at radius 3 is 2.58 bits per heavy atom. The lowest BCUT2D eigenvalue weighted by atomic mass is 9.82. The summed E-state index contributed by atoms with van der Waals surface area (Å²) < 4.78 is 0. The van der Waals surface area contributed by atoms with E-state index in [4.69, 9.17) is 5.11 Å². The Morgan fingerprint density at radius 2 is 1.89 bits per heavy atom. The van der Waals surface area contributed by atoms with Crippen molar-refractivity contribution in [2.24, 2.45) is 17.8 Å². The Labute approximate surface area is 117 Å². The van der Waals surface area contributed by atoms with Crippen LogP contribution in [0.3, 0.4) is 0 Å². The molecule has 0 radical (unpaired) electrons. The molecule has 2 fully saturated rings. The summed E-state index contributed by atoms with van der Waals surface area (Å²) in [6.45, 7) is 6.00. The number of nitrogens with zero attached hydrogens (tertiary/aromatic N) is 1. The Kier molecular flexibility index (Phi) is 5.68. The van der Waals surface area contributed by atoms with Crippen molar-refractivity contribution in [1.29, 1.82) is 0 Å². The molecule has 1 heterocycles. The Bertz CT molecular complexity index is 284. The van der Waals surface area contributed by atoms with Crippen LogP contribution in [0, 0.1) is 17.8 Å². The van der Waals surface area contributed by atoms with Gasteiger partial charge in [-0.1, -0.05) is 19.8 Å². The van der Waals surface area contributed by atoms with Gasteiger partial charge in [-0.25, -0.2) is 0 Å². The standard InChI is InChI=1S/C16H29NO2/c1-13-4-6-15(7-5-13)12-17-10-2-3-14(11-17)8-9-16(18)19/h13-15H,2-12H2,1H3,(H,18,19). The van der Waals surface area contributed by atoms with E-state index in [1.54, 1.807) is 0 Å². The third-order valence-electron chi connectivity index (χ3n) is 5.02. The van der Waals surface area contributed by atoms with E-state index in [0.717, 1.165) is 24.8 Å². The lowest BCUT2D eigenvalue weighted by Gasteiger charge is -2.36. The first-order chi connectivity index (χ1) is 9.13. The number of carboxylic acid groups (broad SMARTS) is 1. The first kappa shape index (κ1) is 14.8. The van der Waals surface area contributed by atoms with E-state index < -0.39 is 5.97 Å². The normalized spacial score (nSPS) is 33.2. The summed E-state index contributed by atoms with van der Waals surface area (Å²) in [7, 11) is 0.